The molecule has 0 aliphatic carbocycles. The van der Waals surface area contributed by atoms with Crippen LogP contribution in [0.3, 0.4) is 0 Å². The third kappa shape index (κ3) is 3.84. The fraction of sp³-hybridized carbons (Fsp3) is 0.211. The van der Waals surface area contributed by atoms with Gasteiger partial charge in [-0.25, -0.2) is 9.48 Å². The number of rotatable bonds is 5. The number of hydrogen-bond donors (Lipinski definition) is 2. The molecular weight excluding hydrogens is 348 g/mol. The fourth-order valence-corrected chi connectivity index (χ4v) is 2.74. The van der Waals surface area contributed by atoms with Crippen molar-refractivity contribution in [3.63, 3.8) is 0 Å². The largest absolute Gasteiger partial charge is 0.497 e. The molecule has 0 unspecified atom stereocenters. The van der Waals surface area contributed by atoms with Crippen LogP contribution in [0.4, 0.5) is 10.5 Å². The summed E-state index contributed by atoms with van der Waals surface area (Å²) in [4.78, 5) is 24.5. The van der Waals surface area contributed by atoms with Crippen molar-refractivity contribution in [1.29, 1.82) is 0 Å². The van der Waals surface area contributed by atoms with Crippen LogP contribution in [0.1, 0.15) is 5.69 Å². The minimum atomic E-state index is -0.418. The molecule has 0 saturated heterocycles. The minimum Gasteiger partial charge on any atom is -0.497 e. The zero-order valence-electron chi connectivity index (χ0n) is 15.3. The Labute approximate surface area is 155 Å². The van der Waals surface area contributed by atoms with Crippen LogP contribution in [0, 0.1) is 0 Å². The molecule has 0 radical (unpaired) electrons. The van der Waals surface area contributed by atoms with E-state index in [4.69, 9.17) is 9.47 Å². The normalized spacial score (nSPS) is 10.5. The molecule has 2 amide bonds. The smallest absolute Gasteiger partial charge is 0.319 e. The number of urea groups is 1. The second kappa shape index (κ2) is 7.77. The highest BCUT2D eigenvalue weighted by Crippen LogP contribution is 2.28. The topological polar surface area (TPSA) is 94.5 Å². The van der Waals surface area contributed by atoms with Crippen LogP contribution in [0.2, 0.25) is 0 Å². The number of methoxy groups -OCH3 is 2. The summed E-state index contributed by atoms with van der Waals surface area (Å²) in [7, 11) is 4.65. The van der Waals surface area contributed by atoms with Crippen LogP contribution in [-0.4, -0.2) is 30.0 Å². The Bertz CT molecular complexity index is 1050. The van der Waals surface area contributed by atoms with Gasteiger partial charge < -0.3 is 20.1 Å². The molecule has 0 bridgehead atoms. The average molecular weight is 368 g/mol. The van der Waals surface area contributed by atoms with E-state index in [1.807, 2.05) is 12.1 Å². The maximum absolute atomic E-state index is 12.3. The number of nitrogens with zero attached hydrogens (tertiary/aromatic N) is 2. The van der Waals surface area contributed by atoms with Gasteiger partial charge in [0.1, 0.15) is 11.5 Å². The lowest BCUT2D eigenvalue weighted by atomic mass is 10.1. The van der Waals surface area contributed by atoms with Gasteiger partial charge in [-0.3, -0.25) is 4.79 Å². The van der Waals surface area contributed by atoms with Gasteiger partial charge in [0.15, 0.2) is 0 Å². The lowest BCUT2D eigenvalue weighted by Gasteiger charge is -2.13. The van der Waals surface area contributed by atoms with Crippen molar-refractivity contribution in [3.8, 4) is 11.5 Å². The van der Waals surface area contributed by atoms with E-state index in [-0.39, 0.29) is 12.1 Å². The summed E-state index contributed by atoms with van der Waals surface area (Å²) < 4.78 is 11.7. The predicted molar refractivity (Wildman–Crippen MR) is 102 cm³/mol. The molecule has 2 aromatic carbocycles. The van der Waals surface area contributed by atoms with Gasteiger partial charge in [-0.1, -0.05) is 18.2 Å². The number of amides is 2. The van der Waals surface area contributed by atoms with Crippen molar-refractivity contribution in [1.82, 2.24) is 15.1 Å². The zero-order chi connectivity index (χ0) is 19.4. The zero-order valence-corrected chi connectivity index (χ0v) is 15.3. The molecule has 1 aromatic heterocycles. The average Bonchev–Trinajstić information content (AvgIpc) is 2.70. The van der Waals surface area contributed by atoms with Gasteiger partial charge in [-0.2, -0.15) is 5.10 Å². The number of ether oxygens (including phenoxy) is 2. The second-order valence-electron chi connectivity index (χ2n) is 5.79. The van der Waals surface area contributed by atoms with Crippen LogP contribution in [0.25, 0.3) is 10.8 Å². The van der Waals surface area contributed by atoms with Crippen molar-refractivity contribution in [2.45, 2.75) is 6.54 Å². The van der Waals surface area contributed by atoms with Crippen LogP contribution in [0.5, 0.6) is 11.5 Å². The quantitative estimate of drug-likeness (QED) is 0.720. The van der Waals surface area contributed by atoms with E-state index in [2.05, 4.69) is 15.7 Å². The molecular formula is C19H20N4O4. The summed E-state index contributed by atoms with van der Waals surface area (Å²) in [5.74, 6) is 1.11. The van der Waals surface area contributed by atoms with E-state index in [9.17, 15) is 9.59 Å². The van der Waals surface area contributed by atoms with Gasteiger partial charge in [0.25, 0.3) is 5.56 Å². The molecule has 8 nitrogen and oxygen atoms in total. The van der Waals surface area contributed by atoms with Gasteiger partial charge >= 0.3 is 6.03 Å². The minimum absolute atomic E-state index is 0.166. The Morgan fingerprint density at radius 3 is 2.56 bits per heavy atom. The Morgan fingerprint density at radius 2 is 1.85 bits per heavy atom. The van der Waals surface area contributed by atoms with Crippen molar-refractivity contribution >= 4 is 22.5 Å². The number of carbonyl (C=O) groups excluding carboxylic acids is 1. The molecule has 0 atom stereocenters. The summed E-state index contributed by atoms with van der Waals surface area (Å²) in [6.45, 7) is 0.166. The van der Waals surface area contributed by atoms with E-state index in [1.165, 1.54) is 11.8 Å². The first-order valence-electron chi connectivity index (χ1n) is 8.25. The van der Waals surface area contributed by atoms with Gasteiger partial charge in [-0.15, -0.1) is 0 Å². The third-order valence-corrected chi connectivity index (χ3v) is 4.11. The monoisotopic (exact) mass is 368 g/mol. The number of anilines is 1. The molecule has 0 spiro atoms. The Morgan fingerprint density at radius 1 is 1.11 bits per heavy atom. The molecule has 3 rings (SSSR count). The number of benzene rings is 2. The first kappa shape index (κ1) is 18.2. The summed E-state index contributed by atoms with van der Waals surface area (Å²) in [6, 6.07) is 11.8. The fourth-order valence-electron chi connectivity index (χ4n) is 2.74. The molecule has 2 N–H and O–H groups in total. The van der Waals surface area contributed by atoms with Crippen molar-refractivity contribution < 1.29 is 14.3 Å². The number of nitrogens with one attached hydrogen (secondary N) is 2. The second-order valence-corrected chi connectivity index (χ2v) is 5.79. The molecule has 1 heterocycles. The highest BCUT2D eigenvalue weighted by atomic mass is 16.5. The maximum atomic E-state index is 12.3. The molecule has 0 aliphatic rings. The first-order valence-corrected chi connectivity index (χ1v) is 8.25. The molecule has 3 aromatic rings. The molecule has 140 valence electrons. The van der Waals surface area contributed by atoms with Crippen LogP contribution < -0.4 is 25.7 Å². The summed E-state index contributed by atoms with van der Waals surface area (Å²) in [6.07, 6.45) is 0. The number of aromatic nitrogens is 2. The highest BCUT2D eigenvalue weighted by Gasteiger charge is 2.12. The predicted octanol–water partition coefficient (Wildman–Crippen LogP) is 2.27. The van der Waals surface area contributed by atoms with E-state index in [1.54, 1.807) is 44.5 Å². The summed E-state index contributed by atoms with van der Waals surface area (Å²) >= 11 is 0. The van der Waals surface area contributed by atoms with E-state index >= 15 is 0 Å². The highest BCUT2D eigenvalue weighted by molar-refractivity contribution is 5.91. The number of hydrogen-bond acceptors (Lipinski definition) is 5. The first-order chi connectivity index (χ1) is 13.0. The molecule has 27 heavy (non-hydrogen) atoms. The number of aryl methyl sites for hydroxylation is 1. The van der Waals surface area contributed by atoms with Gasteiger partial charge in [-0.05, 0) is 18.2 Å². The van der Waals surface area contributed by atoms with Crippen LogP contribution in [0.15, 0.2) is 47.3 Å². The van der Waals surface area contributed by atoms with E-state index in [0.29, 0.717) is 33.7 Å². The number of carbonyl (C=O) groups is 1. The van der Waals surface area contributed by atoms with Crippen molar-refractivity contribution in [2.75, 3.05) is 19.5 Å². The SMILES string of the molecule is COc1ccc(NC(=O)NCc2nn(C)c(=O)c3ccccc23)c(OC)c1. The standard InChI is InChI=1S/C19H20N4O4/c1-23-18(24)14-7-5-4-6-13(14)16(22-23)11-20-19(25)21-15-9-8-12(26-2)10-17(15)27-3/h4-10H,11H2,1-3H3,(H2,20,21,25). The molecule has 8 heteroatoms. The lowest BCUT2D eigenvalue weighted by Crippen LogP contribution is -2.30. The Balaban J connectivity index is 1.76. The lowest BCUT2D eigenvalue weighted by molar-refractivity contribution is 0.251. The Hall–Kier alpha value is -3.55. The summed E-state index contributed by atoms with van der Waals surface area (Å²) in [5.41, 5.74) is 0.931. The Kier molecular flexibility index (Phi) is 5.25. The molecule has 0 fully saturated rings. The van der Waals surface area contributed by atoms with Crippen molar-refractivity contribution in [3.05, 3.63) is 58.5 Å². The van der Waals surface area contributed by atoms with Crippen LogP contribution >= 0.6 is 0 Å². The van der Waals surface area contributed by atoms with Gasteiger partial charge in [0.05, 0.1) is 37.5 Å². The van der Waals surface area contributed by atoms with Crippen LogP contribution in [-0.2, 0) is 13.6 Å². The maximum Gasteiger partial charge on any atom is 0.319 e. The van der Waals surface area contributed by atoms with E-state index < -0.39 is 6.03 Å². The molecule has 0 saturated carbocycles. The van der Waals surface area contributed by atoms with Crippen molar-refractivity contribution in [2.24, 2.45) is 7.05 Å². The van der Waals surface area contributed by atoms with Gasteiger partial charge in [0, 0.05) is 18.5 Å². The number of fused-ring (bicyclic) bond motifs is 1. The summed E-state index contributed by atoms with van der Waals surface area (Å²) in [5, 5.41) is 11.0. The third-order valence-electron chi connectivity index (χ3n) is 4.11. The van der Waals surface area contributed by atoms with E-state index in [0.717, 1.165) is 0 Å². The molecule has 0 aliphatic heterocycles. The van der Waals surface area contributed by atoms with Gasteiger partial charge in [0.2, 0.25) is 0 Å².